The molecule has 0 aliphatic carbocycles. The Labute approximate surface area is 126 Å². The van der Waals surface area contributed by atoms with Gasteiger partial charge in [0, 0.05) is 0 Å². The Morgan fingerprint density at radius 1 is 1.04 bits per heavy atom. The Kier molecular flexibility index (Phi) is 5.30. The van der Waals surface area contributed by atoms with E-state index in [-0.39, 0.29) is 5.56 Å². The van der Waals surface area contributed by atoms with Crippen LogP contribution in [0.25, 0.3) is 0 Å². The van der Waals surface area contributed by atoms with Crippen molar-refractivity contribution >= 4 is 5.91 Å². The number of amides is 1. The summed E-state index contributed by atoms with van der Waals surface area (Å²) in [5, 5.41) is 11.1. The van der Waals surface area contributed by atoms with Gasteiger partial charge >= 0.3 is 18.0 Å². The topological polar surface area (TPSA) is 49.3 Å². The van der Waals surface area contributed by atoms with Crippen molar-refractivity contribution in [1.82, 2.24) is 5.32 Å². The molecule has 0 heterocycles. The second-order valence-electron chi connectivity index (χ2n) is 4.76. The number of aliphatic hydroxyl groups excluding tert-OH is 1. The van der Waals surface area contributed by atoms with Crippen LogP contribution in [0, 0.1) is 0 Å². The fourth-order valence-corrected chi connectivity index (χ4v) is 1.64. The van der Waals surface area contributed by atoms with Gasteiger partial charge in [0.1, 0.15) is 0 Å². The van der Waals surface area contributed by atoms with Crippen molar-refractivity contribution in [3.05, 3.63) is 35.9 Å². The largest absolute Gasteiger partial charge is 0.460 e. The van der Waals surface area contributed by atoms with Crippen molar-refractivity contribution in [2.75, 3.05) is 0 Å². The van der Waals surface area contributed by atoms with Crippen molar-refractivity contribution in [3.63, 3.8) is 0 Å². The van der Waals surface area contributed by atoms with Crippen LogP contribution < -0.4 is 5.32 Å². The predicted molar refractivity (Wildman–Crippen MR) is 65.0 cm³/mol. The van der Waals surface area contributed by atoms with Crippen molar-refractivity contribution in [2.45, 2.75) is 37.1 Å². The molecule has 1 aromatic carbocycles. The Morgan fingerprint density at radius 2 is 1.52 bits per heavy atom. The van der Waals surface area contributed by atoms with Crippen LogP contribution in [0.1, 0.15) is 18.6 Å². The molecule has 2 atom stereocenters. The van der Waals surface area contributed by atoms with Gasteiger partial charge < -0.3 is 10.4 Å². The number of nitrogens with one attached hydrogen (secondary N) is 1. The first-order valence-corrected chi connectivity index (χ1v) is 6.18. The minimum Gasteiger partial charge on any atom is -0.386 e. The van der Waals surface area contributed by atoms with Crippen LogP contribution in [0.4, 0.5) is 30.7 Å². The zero-order valence-corrected chi connectivity index (χ0v) is 11.5. The average Bonchev–Trinajstić information content (AvgIpc) is 2.45. The van der Waals surface area contributed by atoms with Crippen molar-refractivity contribution in [2.24, 2.45) is 0 Å². The Hall–Kier alpha value is -1.84. The van der Waals surface area contributed by atoms with E-state index in [0.717, 1.165) is 6.92 Å². The van der Waals surface area contributed by atoms with Crippen LogP contribution in [0.15, 0.2) is 30.3 Å². The third-order valence-electron chi connectivity index (χ3n) is 3.01. The summed E-state index contributed by atoms with van der Waals surface area (Å²) in [6.07, 6.45) is -8.18. The van der Waals surface area contributed by atoms with E-state index in [1.807, 2.05) is 0 Å². The molecule has 0 saturated heterocycles. The molecule has 0 radical (unpaired) electrons. The summed E-state index contributed by atoms with van der Waals surface area (Å²) in [4.78, 5) is 11.2. The molecule has 0 aliphatic heterocycles. The molecular weight excluding hydrogens is 335 g/mol. The van der Waals surface area contributed by atoms with E-state index in [4.69, 9.17) is 0 Å². The predicted octanol–water partition coefficient (Wildman–Crippen LogP) is 3.06. The van der Waals surface area contributed by atoms with Crippen LogP contribution >= 0.6 is 0 Å². The molecule has 0 spiro atoms. The van der Waals surface area contributed by atoms with Crippen LogP contribution in [0.3, 0.4) is 0 Å². The fourth-order valence-electron chi connectivity index (χ4n) is 1.64. The van der Waals surface area contributed by atoms with Gasteiger partial charge in [-0.1, -0.05) is 30.3 Å². The highest BCUT2D eigenvalue weighted by Gasteiger charge is 2.76. The van der Waals surface area contributed by atoms with Gasteiger partial charge in [-0.3, -0.25) is 4.79 Å². The molecule has 1 amide bonds. The maximum Gasteiger partial charge on any atom is 0.460 e. The summed E-state index contributed by atoms with van der Waals surface area (Å²) in [6, 6.07) is 5.70. The molecule has 0 bridgehead atoms. The number of aliphatic hydroxyl groups is 1. The molecule has 0 saturated carbocycles. The smallest absolute Gasteiger partial charge is 0.386 e. The van der Waals surface area contributed by atoms with E-state index < -0.39 is 36.1 Å². The number of alkyl halides is 7. The molecule has 1 rings (SSSR count). The summed E-state index contributed by atoms with van der Waals surface area (Å²) in [7, 11) is 0. The molecule has 10 heteroatoms. The van der Waals surface area contributed by atoms with Gasteiger partial charge in [0.2, 0.25) is 0 Å². The van der Waals surface area contributed by atoms with Gasteiger partial charge in [-0.2, -0.15) is 30.7 Å². The Morgan fingerprint density at radius 3 is 1.96 bits per heavy atom. The van der Waals surface area contributed by atoms with Gasteiger partial charge in [0.15, 0.2) is 0 Å². The normalized spacial score (nSPS) is 15.9. The van der Waals surface area contributed by atoms with Gasteiger partial charge in [0.25, 0.3) is 5.91 Å². The van der Waals surface area contributed by atoms with E-state index in [2.05, 4.69) is 0 Å². The van der Waals surface area contributed by atoms with E-state index in [1.165, 1.54) is 29.6 Å². The first kappa shape index (κ1) is 19.2. The molecule has 3 nitrogen and oxygen atoms in total. The summed E-state index contributed by atoms with van der Waals surface area (Å²) < 4.78 is 87.7. The highest BCUT2D eigenvalue weighted by atomic mass is 19.4. The molecule has 0 unspecified atom stereocenters. The average molecular weight is 347 g/mol. The number of halogens is 7. The molecule has 0 aromatic heterocycles. The molecule has 130 valence electrons. The fraction of sp³-hybridized carbons (Fsp3) is 0.462. The van der Waals surface area contributed by atoms with Crippen LogP contribution in [0.5, 0.6) is 0 Å². The van der Waals surface area contributed by atoms with Crippen LogP contribution in [-0.2, 0) is 4.79 Å². The number of benzene rings is 1. The number of carbonyl (C=O) groups is 1. The second-order valence-corrected chi connectivity index (χ2v) is 4.76. The molecule has 0 aliphatic rings. The van der Waals surface area contributed by atoms with Crippen molar-refractivity contribution < 1.29 is 40.6 Å². The van der Waals surface area contributed by atoms with Crippen LogP contribution in [0.2, 0.25) is 0 Å². The van der Waals surface area contributed by atoms with E-state index in [0.29, 0.717) is 0 Å². The van der Waals surface area contributed by atoms with Gasteiger partial charge in [-0.15, -0.1) is 0 Å². The van der Waals surface area contributed by atoms with Gasteiger partial charge in [-0.05, 0) is 12.5 Å². The zero-order chi connectivity index (χ0) is 18.1. The highest BCUT2D eigenvalue weighted by molar-refractivity contribution is 5.85. The number of rotatable bonds is 5. The lowest BCUT2D eigenvalue weighted by molar-refractivity contribution is -0.344. The summed E-state index contributed by atoms with van der Waals surface area (Å²) in [5.74, 6) is -15.4. The Balaban J connectivity index is 2.90. The Bertz CT molecular complexity index is 545. The highest BCUT2D eigenvalue weighted by Crippen LogP contribution is 2.46. The van der Waals surface area contributed by atoms with E-state index in [1.54, 1.807) is 6.07 Å². The molecular formula is C13H12F7NO2. The lowest BCUT2D eigenvalue weighted by Crippen LogP contribution is -2.60. The third-order valence-corrected chi connectivity index (χ3v) is 3.01. The minimum atomic E-state index is -6.60. The van der Waals surface area contributed by atoms with Crippen molar-refractivity contribution in [1.29, 1.82) is 0 Å². The number of carbonyl (C=O) groups excluding carboxylic acids is 1. The van der Waals surface area contributed by atoms with Crippen molar-refractivity contribution in [3.8, 4) is 0 Å². The summed E-state index contributed by atoms with van der Waals surface area (Å²) in [5.41, 5.74) is 0.159. The lowest BCUT2D eigenvalue weighted by Gasteiger charge is -2.29. The molecule has 0 fully saturated rings. The SMILES string of the molecule is C[C@H](NC(=O)C(F)(F)C(F)(F)C(F)(F)F)[C@@H](O)c1ccccc1. The molecule has 2 N–H and O–H groups in total. The van der Waals surface area contributed by atoms with E-state index >= 15 is 0 Å². The quantitative estimate of drug-likeness (QED) is 0.805. The molecule has 23 heavy (non-hydrogen) atoms. The zero-order valence-electron chi connectivity index (χ0n) is 11.5. The maximum absolute atomic E-state index is 13.2. The maximum atomic E-state index is 13.2. The second kappa shape index (κ2) is 6.34. The number of hydrogen-bond acceptors (Lipinski definition) is 2. The summed E-state index contributed by atoms with van der Waals surface area (Å²) in [6.45, 7) is 0.984. The minimum absolute atomic E-state index is 0.159. The van der Waals surface area contributed by atoms with Gasteiger partial charge in [-0.25, -0.2) is 0 Å². The van der Waals surface area contributed by atoms with Crippen LogP contribution in [-0.4, -0.2) is 35.1 Å². The van der Waals surface area contributed by atoms with E-state index in [9.17, 15) is 40.6 Å². The first-order valence-electron chi connectivity index (χ1n) is 6.18. The lowest BCUT2D eigenvalue weighted by atomic mass is 10.0. The third kappa shape index (κ3) is 3.74. The standard InChI is InChI=1S/C13H12F7NO2/c1-7(9(22)8-5-3-2-4-6-8)21-10(23)11(14,15)12(16,17)13(18,19)20/h2-7,9,22H,1H3,(H,21,23)/t7-,9+/m0/s1. The monoisotopic (exact) mass is 347 g/mol. The number of hydrogen-bond donors (Lipinski definition) is 2. The van der Waals surface area contributed by atoms with Gasteiger partial charge in [0.05, 0.1) is 12.1 Å². The first-order chi connectivity index (χ1) is 10.3. The summed E-state index contributed by atoms with van der Waals surface area (Å²) >= 11 is 0. The molecule has 1 aromatic rings.